The second-order valence-corrected chi connectivity index (χ2v) is 8.46. The van der Waals surface area contributed by atoms with Gasteiger partial charge in [-0.05, 0) is 24.0 Å². The zero-order valence-electron chi connectivity index (χ0n) is 20.3. The molecule has 13 heteroatoms. The summed E-state index contributed by atoms with van der Waals surface area (Å²) in [5.41, 5.74) is 6.89. The number of amides is 4. The topological polar surface area (TPSA) is 174 Å². The van der Waals surface area contributed by atoms with Crippen LogP contribution in [0, 0.1) is 21.8 Å². The maximum absolute atomic E-state index is 14.4. The Morgan fingerprint density at radius 2 is 1.81 bits per heavy atom. The minimum Gasteiger partial charge on any atom is -0.445 e. The van der Waals surface area contributed by atoms with Crippen LogP contribution in [0.15, 0.2) is 48.5 Å². The van der Waals surface area contributed by atoms with Crippen molar-refractivity contribution in [3.05, 3.63) is 75.6 Å². The molecule has 1 atom stereocenters. The van der Waals surface area contributed by atoms with Gasteiger partial charge in [0.1, 0.15) is 18.5 Å². The van der Waals surface area contributed by atoms with E-state index in [1.54, 1.807) is 44.2 Å². The van der Waals surface area contributed by atoms with Crippen LogP contribution in [0.5, 0.6) is 0 Å². The first-order chi connectivity index (χ1) is 17.5. The molecule has 2 aromatic rings. The van der Waals surface area contributed by atoms with E-state index in [2.05, 4.69) is 10.7 Å². The van der Waals surface area contributed by atoms with Gasteiger partial charge in [0.15, 0.2) is 0 Å². The van der Waals surface area contributed by atoms with E-state index in [1.807, 2.05) is 0 Å². The molecule has 2 rings (SSSR count). The third kappa shape index (κ3) is 9.20. The highest BCUT2D eigenvalue weighted by atomic mass is 19.1. The van der Waals surface area contributed by atoms with Gasteiger partial charge in [-0.3, -0.25) is 29.9 Å². The van der Waals surface area contributed by atoms with Gasteiger partial charge in [0.25, 0.3) is 17.5 Å². The molecule has 0 bridgehead atoms. The highest BCUT2D eigenvalue weighted by molar-refractivity contribution is 5.97. The minimum atomic E-state index is -1.16. The molecule has 198 valence electrons. The summed E-state index contributed by atoms with van der Waals surface area (Å²) in [4.78, 5) is 59.9. The van der Waals surface area contributed by atoms with Crippen molar-refractivity contribution in [3.8, 4) is 0 Å². The molecule has 0 aromatic heterocycles. The van der Waals surface area contributed by atoms with Gasteiger partial charge in [0.2, 0.25) is 5.91 Å². The summed E-state index contributed by atoms with van der Waals surface area (Å²) in [6.45, 7) is 3.10. The number of nitrogens with zero attached hydrogens (tertiary/aromatic N) is 2. The SMILES string of the molecule is CC(C)C[C@H](NC(=O)OCc1ccccc1)C(=O)NN(CCC(N)=O)C(=O)c1cc([N+](=O)[O-])ccc1F. The molecule has 4 amide bonds. The van der Waals surface area contributed by atoms with Gasteiger partial charge in [-0.25, -0.2) is 14.2 Å². The zero-order chi connectivity index (χ0) is 27.5. The maximum atomic E-state index is 14.4. The molecule has 4 N–H and O–H groups in total. The van der Waals surface area contributed by atoms with Gasteiger partial charge < -0.3 is 15.8 Å². The Hall–Kier alpha value is -4.55. The number of alkyl carbamates (subject to hydrolysis) is 1. The predicted molar refractivity (Wildman–Crippen MR) is 129 cm³/mol. The third-order valence-electron chi connectivity index (χ3n) is 4.99. The average Bonchev–Trinajstić information content (AvgIpc) is 2.84. The van der Waals surface area contributed by atoms with E-state index < -0.39 is 64.8 Å². The van der Waals surface area contributed by atoms with E-state index in [-0.39, 0.29) is 18.9 Å². The molecule has 0 heterocycles. The van der Waals surface area contributed by atoms with Crippen LogP contribution in [-0.4, -0.2) is 46.3 Å². The number of nitro groups is 1. The van der Waals surface area contributed by atoms with Crippen LogP contribution in [0.25, 0.3) is 0 Å². The first-order valence-corrected chi connectivity index (χ1v) is 11.3. The molecule has 37 heavy (non-hydrogen) atoms. The Labute approximate surface area is 212 Å². The van der Waals surface area contributed by atoms with Crippen molar-refractivity contribution in [1.82, 2.24) is 15.8 Å². The summed E-state index contributed by atoms with van der Waals surface area (Å²) in [5, 5.41) is 14.1. The van der Waals surface area contributed by atoms with Crippen LogP contribution in [0.2, 0.25) is 0 Å². The van der Waals surface area contributed by atoms with Crippen LogP contribution in [-0.2, 0) is 20.9 Å². The third-order valence-corrected chi connectivity index (χ3v) is 4.99. The molecule has 0 radical (unpaired) electrons. The Morgan fingerprint density at radius 3 is 2.41 bits per heavy atom. The molecular weight excluding hydrogens is 489 g/mol. The normalized spacial score (nSPS) is 11.4. The average molecular weight is 518 g/mol. The molecule has 0 spiro atoms. The Kier molecular flexibility index (Phi) is 10.5. The van der Waals surface area contributed by atoms with Crippen LogP contribution in [0.4, 0.5) is 14.9 Å². The number of carbonyl (C=O) groups excluding carboxylic acids is 4. The Bertz CT molecular complexity index is 1140. The second kappa shape index (κ2) is 13.5. The number of halogens is 1. The molecule has 0 aliphatic rings. The number of primary amides is 1. The monoisotopic (exact) mass is 517 g/mol. The van der Waals surface area contributed by atoms with Crippen LogP contribution < -0.4 is 16.5 Å². The van der Waals surface area contributed by atoms with Gasteiger partial charge >= 0.3 is 6.09 Å². The van der Waals surface area contributed by atoms with Crippen molar-refractivity contribution in [3.63, 3.8) is 0 Å². The number of nitrogens with one attached hydrogen (secondary N) is 2. The molecule has 12 nitrogen and oxygen atoms in total. The lowest BCUT2D eigenvalue weighted by Gasteiger charge is -2.27. The van der Waals surface area contributed by atoms with E-state index in [0.29, 0.717) is 11.1 Å². The van der Waals surface area contributed by atoms with Crippen molar-refractivity contribution in [2.45, 2.75) is 39.3 Å². The fourth-order valence-corrected chi connectivity index (χ4v) is 3.19. The molecule has 0 aliphatic carbocycles. The summed E-state index contributed by atoms with van der Waals surface area (Å²) >= 11 is 0. The molecule has 0 unspecified atom stereocenters. The van der Waals surface area contributed by atoms with Crippen molar-refractivity contribution in [2.24, 2.45) is 11.7 Å². The fraction of sp³-hybridized carbons (Fsp3) is 0.333. The van der Waals surface area contributed by atoms with Crippen LogP contribution in [0.1, 0.15) is 42.6 Å². The number of hydrogen-bond acceptors (Lipinski definition) is 7. The van der Waals surface area contributed by atoms with Crippen molar-refractivity contribution >= 4 is 29.5 Å². The van der Waals surface area contributed by atoms with E-state index in [1.165, 1.54) is 0 Å². The molecule has 0 saturated heterocycles. The predicted octanol–water partition coefficient (Wildman–Crippen LogP) is 2.42. The number of nitrogens with two attached hydrogens (primary N) is 1. The number of nitro benzene ring substituents is 1. The maximum Gasteiger partial charge on any atom is 0.408 e. The number of carbonyl (C=O) groups is 4. The van der Waals surface area contributed by atoms with Gasteiger partial charge in [-0.1, -0.05) is 44.2 Å². The summed E-state index contributed by atoms with van der Waals surface area (Å²) in [7, 11) is 0. The highest BCUT2D eigenvalue weighted by Gasteiger charge is 2.28. The number of benzene rings is 2. The van der Waals surface area contributed by atoms with Gasteiger partial charge in [0.05, 0.1) is 17.0 Å². The minimum absolute atomic E-state index is 0.0437. The molecule has 0 fully saturated rings. The quantitative estimate of drug-likeness (QED) is 0.303. The number of hydrazine groups is 1. The Balaban J connectivity index is 2.20. The fourth-order valence-electron chi connectivity index (χ4n) is 3.19. The summed E-state index contributed by atoms with van der Waals surface area (Å²) in [6, 6.07) is 10.0. The number of non-ortho nitro benzene ring substituents is 1. The second-order valence-electron chi connectivity index (χ2n) is 8.46. The standard InChI is InChI=1S/C24H28FN5O7/c1-15(2)12-20(27-24(34)37-14-16-6-4-3-5-7-16)22(32)28-29(11-10-21(26)31)23(33)18-13-17(30(35)36)8-9-19(18)25/h3-9,13,15,20H,10-12,14H2,1-2H3,(H2,26,31)(H,27,34)(H,28,32)/t20-/m0/s1. The lowest BCUT2D eigenvalue weighted by atomic mass is 10.0. The largest absolute Gasteiger partial charge is 0.445 e. The van der Waals surface area contributed by atoms with Gasteiger partial charge in [0, 0.05) is 18.6 Å². The molecule has 0 aliphatic heterocycles. The van der Waals surface area contributed by atoms with Crippen molar-refractivity contribution in [1.29, 1.82) is 0 Å². The lowest BCUT2D eigenvalue weighted by molar-refractivity contribution is -0.384. The molecular formula is C24H28FN5O7. The first-order valence-electron chi connectivity index (χ1n) is 11.3. The van der Waals surface area contributed by atoms with E-state index >= 15 is 0 Å². The van der Waals surface area contributed by atoms with Gasteiger partial charge in [-0.15, -0.1) is 0 Å². The van der Waals surface area contributed by atoms with E-state index in [9.17, 15) is 33.7 Å². The molecule has 2 aromatic carbocycles. The first kappa shape index (κ1) is 28.7. The molecule has 0 saturated carbocycles. The summed E-state index contributed by atoms with van der Waals surface area (Å²) in [5.74, 6) is -3.96. The number of rotatable bonds is 11. The van der Waals surface area contributed by atoms with Crippen molar-refractivity contribution in [2.75, 3.05) is 6.54 Å². The number of ether oxygens (including phenoxy) is 1. The van der Waals surface area contributed by atoms with E-state index in [0.717, 1.165) is 17.7 Å². The van der Waals surface area contributed by atoms with E-state index in [4.69, 9.17) is 10.5 Å². The van der Waals surface area contributed by atoms with Gasteiger partial charge in [-0.2, -0.15) is 0 Å². The number of hydrogen-bond donors (Lipinski definition) is 3. The van der Waals surface area contributed by atoms with Crippen LogP contribution in [0.3, 0.4) is 0 Å². The smallest absolute Gasteiger partial charge is 0.408 e. The van der Waals surface area contributed by atoms with Crippen molar-refractivity contribution < 1.29 is 33.2 Å². The highest BCUT2D eigenvalue weighted by Crippen LogP contribution is 2.18. The summed E-state index contributed by atoms with van der Waals surface area (Å²) in [6.07, 6.45) is -1.14. The summed E-state index contributed by atoms with van der Waals surface area (Å²) < 4.78 is 19.5. The lowest BCUT2D eigenvalue weighted by Crippen LogP contribution is -2.55. The Morgan fingerprint density at radius 1 is 1.14 bits per heavy atom. The zero-order valence-corrected chi connectivity index (χ0v) is 20.3. The van der Waals surface area contributed by atoms with Crippen LogP contribution >= 0.6 is 0 Å².